The third-order valence-electron chi connectivity index (χ3n) is 3.68. The molecule has 2 N–H and O–H groups in total. The fourth-order valence-electron chi connectivity index (χ4n) is 2.92. The van der Waals surface area contributed by atoms with Gasteiger partial charge in [-0.25, -0.2) is 0 Å². The van der Waals surface area contributed by atoms with E-state index in [0.29, 0.717) is 11.7 Å². The van der Waals surface area contributed by atoms with Gasteiger partial charge in [0.15, 0.2) is 5.17 Å². The second-order valence-corrected chi connectivity index (χ2v) is 5.79. The molecule has 0 aromatic rings. The number of ether oxygens (including phenoxy) is 1. The number of carboxylic acid groups (broad SMARTS) is 1. The zero-order chi connectivity index (χ0) is 12.7. The van der Waals surface area contributed by atoms with Crippen LogP contribution in [0, 0.1) is 11.8 Å². The molecular weight excluding hydrogens is 256 g/mol. The van der Waals surface area contributed by atoms with E-state index in [-0.39, 0.29) is 18.1 Å². The molecule has 0 radical (unpaired) electrons. The summed E-state index contributed by atoms with van der Waals surface area (Å²) in [7, 11) is 0. The summed E-state index contributed by atoms with van der Waals surface area (Å²) in [6, 6.07) is 0. The highest BCUT2D eigenvalue weighted by Gasteiger charge is 2.55. The first-order valence-corrected chi connectivity index (χ1v) is 7.02. The number of fused-ring (bicyclic) bond motifs is 2. The number of carbonyl (C=O) groups excluding carboxylic acids is 1. The van der Waals surface area contributed by atoms with Crippen molar-refractivity contribution in [3.8, 4) is 0 Å². The number of thioether (sulfide) groups is 1. The van der Waals surface area contributed by atoms with Gasteiger partial charge < -0.3 is 15.2 Å². The lowest BCUT2D eigenvalue weighted by Crippen LogP contribution is -2.44. The lowest BCUT2D eigenvalue weighted by molar-refractivity contribution is -0.147. The second kappa shape index (κ2) is 4.55. The molecule has 2 bridgehead atoms. The standard InChI is InChI=1S/C11H14N2O4S/c14-9(13-11-12-3-4-18-11)7-5-1-2-6(17-5)8(7)10(15)16/h5-8H,1-4H2,(H,15,16)(H,12,13,14). The first kappa shape index (κ1) is 12.0. The zero-order valence-electron chi connectivity index (χ0n) is 9.67. The Morgan fingerprint density at radius 2 is 2.06 bits per heavy atom. The first-order valence-electron chi connectivity index (χ1n) is 6.03. The molecule has 2 saturated heterocycles. The van der Waals surface area contributed by atoms with E-state index in [0.717, 1.165) is 18.6 Å². The highest BCUT2D eigenvalue weighted by atomic mass is 32.2. The third-order valence-corrected chi connectivity index (χ3v) is 4.57. The van der Waals surface area contributed by atoms with E-state index in [2.05, 4.69) is 10.3 Å². The van der Waals surface area contributed by atoms with Gasteiger partial charge in [0.05, 0.1) is 30.6 Å². The van der Waals surface area contributed by atoms with E-state index < -0.39 is 17.8 Å². The molecule has 3 heterocycles. The van der Waals surface area contributed by atoms with Crippen LogP contribution in [0.5, 0.6) is 0 Å². The van der Waals surface area contributed by atoms with Crippen molar-refractivity contribution in [2.75, 3.05) is 12.3 Å². The van der Waals surface area contributed by atoms with Crippen LogP contribution >= 0.6 is 11.8 Å². The number of carbonyl (C=O) groups is 2. The molecule has 3 aliphatic rings. The molecule has 3 aliphatic heterocycles. The lowest BCUT2D eigenvalue weighted by atomic mass is 9.79. The Balaban J connectivity index is 1.73. The summed E-state index contributed by atoms with van der Waals surface area (Å²) in [6.45, 7) is 0.704. The van der Waals surface area contributed by atoms with E-state index >= 15 is 0 Å². The normalized spacial score (nSPS) is 37.7. The van der Waals surface area contributed by atoms with E-state index in [1.165, 1.54) is 11.8 Å². The maximum atomic E-state index is 12.2. The van der Waals surface area contributed by atoms with Crippen molar-refractivity contribution in [2.45, 2.75) is 25.0 Å². The van der Waals surface area contributed by atoms with Crippen LogP contribution in [0.3, 0.4) is 0 Å². The zero-order valence-corrected chi connectivity index (χ0v) is 10.5. The molecule has 7 heteroatoms. The van der Waals surface area contributed by atoms with Crippen molar-refractivity contribution in [2.24, 2.45) is 16.8 Å². The number of aliphatic carboxylic acids is 1. The Bertz CT molecular complexity index is 425. The molecule has 0 spiro atoms. The van der Waals surface area contributed by atoms with E-state index in [1.54, 1.807) is 0 Å². The fourth-order valence-corrected chi connectivity index (χ4v) is 3.66. The minimum Gasteiger partial charge on any atom is -0.481 e. The summed E-state index contributed by atoms with van der Waals surface area (Å²) >= 11 is 1.49. The van der Waals surface area contributed by atoms with Crippen LogP contribution in [0.2, 0.25) is 0 Å². The fraction of sp³-hybridized carbons (Fsp3) is 0.727. The Hall–Kier alpha value is -1.08. The molecule has 3 rings (SSSR count). The van der Waals surface area contributed by atoms with E-state index in [9.17, 15) is 14.7 Å². The number of amides is 1. The number of aliphatic imine (C=N–C) groups is 1. The largest absolute Gasteiger partial charge is 0.481 e. The Morgan fingerprint density at radius 1 is 1.33 bits per heavy atom. The summed E-state index contributed by atoms with van der Waals surface area (Å²) in [5, 5.41) is 12.5. The maximum Gasteiger partial charge on any atom is 0.310 e. The number of rotatable bonds is 2. The molecule has 98 valence electrons. The second-order valence-electron chi connectivity index (χ2n) is 4.70. The maximum absolute atomic E-state index is 12.2. The third kappa shape index (κ3) is 1.91. The van der Waals surface area contributed by atoms with Crippen LogP contribution in [0.4, 0.5) is 0 Å². The molecule has 4 unspecified atom stereocenters. The summed E-state index contributed by atoms with van der Waals surface area (Å²) < 4.78 is 5.56. The van der Waals surface area contributed by atoms with Gasteiger partial charge in [-0.2, -0.15) is 0 Å². The minimum absolute atomic E-state index is 0.247. The van der Waals surface area contributed by atoms with E-state index in [4.69, 9.17) is 4.74 Å². The number of nitrogens with zero attached hydrogens (tertiary/aromatic N) is 1. The van der Waals surface area contributed by atoms with Gasteiger partial charge in [0, 0.05) is 5.75 Å². The van der Waals surface area contributed by atoms with Crippen molar-refractivity contribution in [3.63, 3.8) is 0 Å². The molecule has 18 heavy (non-hydrogen) atoms. The van der Waals surface area contributed by atoms with Crippen molar-refractivity contribution in [1.82, 2.24) is 5.32 Å². The highest BCUT2D eigenvalue weighted by Crippen LogP contribution is 2.43. The quantitative estimate of drug-likeness (QED) is 0.742. The van der Waals surface area contributed by atoms with Gasteiger partial charge in [0.1, 0.15) is 0 Å². The predicted octanol–water partition coefficient (Wildman–Crippen LogP) is 0.0836. The van der Waals surface area contributed by atoms with Crippen molar-refractivity contribution in [1.29, 1.82) is 0 Å². The summed E-state index contributed by atoms with van der Waals surface area (Å²) in [6.07, 6.45) is 0.956. The lowest BCUT2D eigenvalue weighted by Gasteiger charge is -2.23. The Labute approximate surface area is 108 Å². The van der Waals surface area contributed by atoms with Gasteiger partial charge in [0.2, 0.25) is 5.91 Å². The smallest absolute Gasteiger partial charge is 0.310 e. The van der Waals surface area contributed by atoms with Gasteiger partial charge in [-0.05, 0) is 12.8 Å². The SMILES string of the molecule is O=C(O)C1C2CCC(O2)C1C(=O)NC1=NCCS1. The molecular formula is C11H14N2O4S. The molecule has 2 fully saturated rings. The molecule has 0 aromatic heterocycles. The van der Waals surface area contributed by atoms with Crippen LogP contribution in [-0.2, 0) is 14.3 Å². The van der Waals surface area contributed by atoms with Crippen molar-refractivity contribution >= 4 is 28.8 Å². The molecule has 0 aromatic carbocycles. The number of hydrogen-bond donors (Lipinski definition) is 2. The molecule has 0 aliphatic carbocycles. The van der Waals surface area contributed by atoms with Crippen LogP contribution in [0.15, 0.2) is 4.99 Å². The van der Waals surface area contributed by atoms with Crippen molar-refractivity contribution < 1.29 is 19.4 Å². The average molecular weight is 270 g/mol. The van der Waals surface area contributed by atoms with Gasteiger partial charge in [-0.15, -0.1) is 0 Å². The highest BCUT2D eigenvalue weighted by molar-refractivity contribution is 8.14. The van der Waals surface area contributed by atoms with Crippen LogP contribution < -0.4 is 5.32 Å². The topological polar surface area (TPSA) is 88.0 Å². The van der Waals surface area contributed by atoms with Gasteiger partial charge >= 0.3 is 5.97 Å². The summed E-state index contributed by atoms with van der Waals surface area (Å²) in [4.78, 5) is 27.5. The number of carboxylic acids is 1. The average Bonchev–Trinajstić information content (AvgIpc) is 3.03. The van der Waals surface area contributed by atoms with E-state index in [1.807, 2.05) is 0 Å². The number of nitrogens with one attached hydrogen (secondary N) is 1. The Kier molecular flexibility index (Phi) is 3.03. The summed E-state index contributed by atoms with van der Waals surface area (Å²) in [5.41, 5.74) is 0. The molecule has 6 nitrogen and oxygen atoms in total. The monoisotopic (exact) mass is 270 g/mol. The van der Waals surface area contributed by atoms with Crippen LogP contribution in [-0.4, -0.2) is 46.7 Å². The summed E-state index contributed by atoms with van der Waals surface area (Å²) in [5.74, 6) is -1.63. The molecule has 4 atom stereocenters. The predicted molar refractivity (Wildman–Crippen MR) is 65.4 cm³/mol. The van der Waals surface area contributed by atoms with Crippen LogP contribution in [0.25, 0.3) is 0 Å². The Morgan fingerprint density at radius 3 is 2.67 bits per heavy atom. The first-order chi connectivity index (χ1) is 8.66. The van der Waals surface area contributed by atoms with Gasteiger partial charge in [-0.1, -0.05) is 11.8 Å². The van der Waals surface area contributed by atoms with Gasteiger partial charge in [0.25, 0.3) is 0 Å². The molecule has 1 amide bonds. The minimum atomic E-state index is -0.941. The number of amidine groups is 1. The molecule has 0 saturated carbocycles. The van der Waals surface area contributed by atoms with Crippen molar-refractivity contribution in [3.05, 3.63) is 0 Å². The van der Waals surface area contributed by atoms with Crippen LogP contribution in [0.1, 0.15) is 12.8 Å². The number of hydrogen-bond acceptors (Lipinski definition) is 5. The van der Waals surface area contributed by atoms with Gasteiger partial charge in [-0.3, -0.25) is 14.6 Å².